The lowest BCUT2D eigenvalue weighted by Gasteiger charge is -1.98. The second-order valence-corrected chi connectivity index (χ2v) is 4.25. The summed E-state index contributed by atoms with van der Waals surface area (Å²) in [6, 6.07) is 9.79. The molecule has 96 valence electrons. The molecule has 0 aliphatic heterocycles. The van der Waals surface area contributed by atoms with Gasteiger partial charge < -0.3 is 9.73 Å². The maximum atomic E-state index is 11.3. The maximum Gasteiger partial charge on any atom is 0.241 e. The Kier molecular flexibility index (Phi) is 2.79. The highest BCUT2D eigenvalue weighted by atomic mass is 16.3. The Morgan fingerprint density at radius 1 is 1.42 bits per heavy atom. The molecule has 1 N–H and O–H groups in total. The molecule has 3 rings (SSSR count). The van der Waals surface area contributed by atoms with Crippen molar-refractivity contribution in [3.63, 3.8) is 0 Å². The molecule has 0 spiro atoms. The third kappa shape index (κ3) is 2.22. The standard InChI is InChI=1S/C14H13N3O2/c1-15-14(18)9-17-8-11(7-16-17)13-6-10-4-2-3-5-12(10)19-13/h2-8H,9H2,1H3,(H,15,18). The summed E-state index contributed by atoms with van der Waals surface area (Å²) in [4.78, 5) is 11.3. The van der Waals surface area contributed by atoms with E-state index in [4.69, 9.17) is 4.42 Å². The lowest BCUT2D eigenvalue weighted by molar-refractivity contribution is -0.121. The number of furan rings is 1. The molecule has 3 aromatic rings. The Bertz CT molecular complexity index is 694. The van der Waals surface area contributed by atoms with E-state index in [0.717, 1.165) is 22.3 Å². The number of benzene rings is 1. The minimum Gasteiger partial charge on any atom is -0.456 e. The van der Waals surface area contributed by atoms with Gasteiger partial charge in [-0.15, -0.1) is 0 Å². The van der Waals surface area contributed by atoms with E-state index >= 15 is 0 Å². The minimum atomic E-state index is -0.0840. The summed E-state index contributed by atoms with van der Waals surface area (Å²) in [6.07, 6.45) is 3.49. The Morgan fingerprint density at radius 2 is 2.26 bits per heavy atom. The van der Waals surface area contributed by atoms with Crippen LogP contribution in [0.1, 0.15) is 0 Å². The van der Waals surface area contributed by atoms with Crippen molar-refractivity contribution in [3.05, 3.63) is 42.7 Å². The van der Waals surface area contributed by atoms with Gasteiger partial charge in [-0.1, -0.05) is 18.2 Å². The largest absolute Gasteiger partial charge is 0.456 e. The highest BCUT2D eigenvalue weighted by molar-refractivity contribution is 5.82. The molecule has 0 saturated carbocycles. The number of fused-ring (bicyclic) bond motifs is 1. The number of aromatic nitrogens is 2. The predicted molar refractivity (Wildman–Crippen MR) is 71.5 cm³/mol. The second kappa shape index (κ2) is 4.61. The van der Waals surface area contributed by atoms with Crippen molar-refractivity contribution in [2.45, 2.75) is 6.54 Å². The number of hydrogen-bond donors (Lipinski definition) is 1. The fourth-order valence-electron chi connectivity index (χ4n) is 1.93. The van der Waals surface area contributed by atoms with Gasteiger partial charge in [-0.2, -0.15) is 5.10 Å². The average Bonchev–Trinajstić information content (AvgIpc) is 3.04. The zero-order valence-corrected chi connectivity index (χ0v) is 10.5. The first kappa shape index (κ1) is 11.5. The average molecular weight is 255 g/mol. The predicted octanol–water partition coefficient (Wildman–Crippen LogP) is 2.04. The topological polar surface area (TPSA) is 60.1 Å². The molecular weight excluding hydrogens is 242 g/mol. The van der Waals surface area contributed by atoms with Crippen LogP contribution in [0.15, 0.2) is 47.1 Å². The van der Waals surface area contributed by atoms with Crippen molar-refractivity contribution in [1.29, 1.82) is 0 Å². The zero-order valence-electron chi connectivity index (χ0n) is 10.5. The molecule has 5 nitrogen and oxygen atoms in total. The summed E-state index contributed by atoms with van der Waals surface area (Å²) in [5.41, 5.74) is 1.71. The van der Waals surface area contributed by atoms with E-state index in [0.29, 0.717) is 0 Å². The molecule has 0 aliphatic carbocycles. The number of nitrogens with one attached hydrogen (secondary N) is 1. The van der Waals surface area contributed by atoms with E-state index < -0.39 is 0 Å². The normalized spacial score (nSPS) is 10.8. The Balaban J connectivity index is 1.91. The molecule has 2 heterocycles. The highest BCUT2D eigenvalue weighted by Crippen LogP contribution is 2.27. The number of likely N-dealkylation sites (N-methyl/N-ethyl adjacent to an activating group) is 1. The number of rotatable bonds is 3. The second-order valence-electron chi connectivity index (χ2n) is 4.25. The van der Waals surface area contributed by atoms with Crippen molar-refractivity contribution in [2.75, 3.05) is 7.05 Å². The molecule has 19 heavy (non-hydrogen) atoms. The summed E-state index contributed by atoms with van der Waals surface area (Å²) in [7, 11) is 1.60. The van der Waals surface area contributed by atoms with Gasteiger partial charge in [-0.25, -0.2) is 0 Å². The maximum absolute atomic E-state index is 11.3. The van der Waals surface area contributed by atoms with Crippen molar-refractivity contribution >= 4 is 16.9 Å². The van der Waals surface area contributed by atoms with Crippen LogP contribution in [0.4, 0.5) is 0 Å². The van der Waals surface area contributed by atoms with Crippen LogP contribution in [-0.4, -0.2) is 22.7 Å². The van der Waals surface area contributed by atoms with Crippen LogP contribution < -0.4 is 5.32 Å². The number of amides is 1. The van der Waals surface area contributed by atoms with Crippen LogP contribution in [0.25, 0.3) is 22.3 Å². The highest BCUT2D eigenvalue weighted by Gasteiger charge is 2.09. The fourth-order valence-corrected chi connectivity index (χ4v) is 1.93. The number of carbonyl (C=O) groups excluding carboxylic acids is 1. The van der Waals surface area contributed by atoms with Crippen LogP contribution in [0, 0.1) is 0 Å². The number of para-hydroxylation sites is 1. The summed E-state index contributed by atoms with van der Waals surface area (Å²) in [5, 5.41) is 7.76. The van der Waals surface area contributed by atoms with Crippen LogP contribution in [0.5, 0.6) is 0 Å². The third-order valence-electron chi connectivity index (χ3n) is 2.93. The van der Waals surface area contributed by atoms with Gasteiger partial charge in [0, 0.05) is 18.6 Å². The fraction of sp³-hybridized carbons (Fsp3) is 0.143. The smallest absolute Gasteiger partial charge is 0.241 e. The molecule has 5 heteroatoms. The van der Waals surface area contributed by atoms with Gasteiger partial charge in [-0.3, -0.25) is 9.48 Å². The lowest BCUT2D eigenvalue weighted by atomic mass is 10.2. The van der Waals surface area contributed by atoms with Gasteiger partial charge in [0.25, 0.3) is 0 Å². The first-order valence-electron chi connectivity index (χ1n) is 5.98. The van der Waals surface area contributed by atoms with Gasteiger partial charge in [0.05, 0.1) is 11.8 Å². The summed E-state index contributed by atoms with van der Waals surface area (Å²) in [5.74, 6) is 0.670. The monoisotopic (exact) mass is 255 g/mol. The SMILES string of the molecule is CNC(=O)Cn1cc(-c2cc3ccccc3o2)cn1. The summed E-state index contributed by atoms with van der Waals surface area (Å²) in [6.45, 7) is 0.205. The van der Waals surface area contributed by atoms with E-state index in [9.17, 15) is 4.79 Å². The molecule has 0 aliphatic rings. The van der Waals surface area contributed by atoms with Crippen molar-refractivity contribution in [2.24, 2.45) is 0 Å². The Hall–Kier alpha value is -2.56. The van der Waals surface area contributed by atoms with Crippen LogP contribution in [0.3, 0.4) is 0 Å². The molecule has 0 unspecified atom stereocenters. The molecule has 1 aromatic carbocycles. The van der Waals surface area contributed by atoms with E-state index in [2.05, 4.69) is 10.4 Å². The molecule has 0 atom stereocenters. The lowest BCUT2D eigenvalue weighted by Crippen LogP contribution is -2.23. The molecule has 0 radical (unpaired) electrons. The minimum absolute atomic E-state index is 0.0840. The Morgan fingerprint density at radius 3 is 3.05 bits per heavy atom. The van der Waals surface area contributed by atoms with E-state index in [1.807, 2.05) is 30.3 Å². The number of nitrogens with zero attached hydrogens (tertiary/aromatic N) is 2. The molecule has 0 saturated heterocycles. The summed E-state index contributed by atoms with van der Waals surface area (Å²) >= 11 is 0. The van der Waals surface area contributed by atoms with Gasteiger partial charge in [0.2, 0.25) is 5.91 Å². The molecule has 0 bridgehead atoms. The van der Waals surface area contributed by atoms with E-state index in [1.165, 1.54) is 0 Å². The van der Waals surface area contributed by atoms with E-state index in [1.54, 1.807) is 24.1 Å². The zero-order chi connectivity index (χ0) is 13.2. The van der Waals surface area contributed by atoms with Crippen LogP contribution in [0.2, 0.25) is 0 Å². The van der Waals surface area contributed by atoms with Crippen LogP contribution >= 0.6 is 0 Å². The first-order chi connectivity index (χ1) is 9.26. The van der Waals surface area contributed by atoms with Gasteiger partial charge in [0.15, 0.2) is 0 Å². The Labute approximate surface area is 109 Å². The molecule has 1 amide bonds. The number of hydrogen-bond acceptors (Lipinski definition) is 3. The van der Waals surface area contributed by atoms with Gasteiger partial charge in [-0.05, 0) is 12.1 Å². The van der Waals surface area contributed by atoms with Crippen molar-refractivity contribution in [1.82, 2.24) is 15.1 Å². The molecular formula is C14H13N3O2. The first-order valence-corrected chi connectivity index (χ1v) is 5.98. The summed E-state index contributed by atoms with van der Waals surface area (Å²) < 4.78 is 7.33. The molecule has 0 fully saturated rings. The quantitative estimate of drug-likeness (QED) is 0.779. The van der Waals surface area contributed by atoms with Crippen molar-refractivity contribution < 1.29 is 9.21 Å². The van der Waals surface area contributed by atoms with Crippen LogP contribution in [-0.2, 0) is 11.3 Å². The van der Waals surface area contributed by atoms with Crippen molar-refractivity contribution in [3.8, 4) is 11.3 Å². The molecule has 2 aromatic heterocycles. The van der Waals surface area contributed by atoms with E-state index in [-0.39, 0.29) is 12.5 Å². The van der Waals surface area contributed by atoms with Gasteiger partial charge in [0.1, 0.15) is 17.9 Å². The third-order valence-corrected chi connectivity index (χ3v) is 2.93. The van der Waals surface area contributed by atoms with Gasteiger partial charge >= 0.3 is 0 Å². The number of carbonyl (C=O) groups is 1.